The molecule has 0 unspecified atom stereocenters. The van der Waals surface area contributed by atoms with Gasteiger partial charge in [0.05, 0.1) is 16.6 Å². The third-order valence-electron chi connectivity index (χ3n) is 12.4. The summed E-state index contributed by atoms with van der Waals surface area (Å²) in [6.45, 7) is 0. The SMILES string of the molecule is c1ccc(-c2ccc(-c3nc(-c4ccccc4)nc(-c4cccc5c4oc4c(-c6ccc7c8c6c6ccccc6c6cccc(c68)n7-c6ccccc6)cccc45)n3)cc2)cc1. The standard InChI is InChI=1S/C57H34N4O/c1-4-15-35(16-5-1)36-29-31-38(32-30-36)56-58-55(37-17-6-2-7-18-37)59-57(60-56)47-27-13-26-46-45-25-12-24-44(53(45)62-54(46)47)43-33-34-49-52-50(43)41-22-11-10-21-40(41)42-23-14-28-48(51(42)52)61(49)39-19-8-3-9-20-39/h1-34H. The summed E-state index contributed by atoms with van der Waals surface area (Å²) in [6, 6.07) is 72.5. The number of fused-ring (bicyclic) bond motifs is 6. The van der Waals surface area contributed by atoms with Crippen molar-refractivity contribution in [1.29, 1.82) is 0 Å². The fourth-order valence-corrected chi connectivity index (χ4v) is 9.66. The van der Waals surface area contributed by atoms with Crippen LogP contribution in [0.2, 0.25) is 0 Å². The third kappa shape index (κ3) is 5.18. The summed E-state index contributed by atoms with van der Waals surface area (Å²) in [5.41, 5.74) is 12.2. The van der Waals surface area contributed by atoms with E-state index in [2.05, 4.69) is 174 Å². The number of benzene rings is 10. The van der Waals surface area contributed by atoms with Gasteiger partial charge in [-0.1, -0.05) is 176 Å². The number of rotatable bonds is 6. The van der Waals surface area contributed by atoms with Gasteiger partial charge in [-0.3, -0.25) is 0 Å². The summed E-state index contributed by atoms with van der Waals surface area (Å²) in [7, 11) is 0. The number of nitrogens with zero attached hydrogens (tertiary/aromatic N) is 4. The van der Waals surface area contributed by atoms with Gasteiger partial charge >= 0.3 is 0 Å². The molecule has 0 atom stereocenters. The molecular formula is C57H34N4O. The average Bonchev–Trinajstić information content (AvgIpc) is 3.91. The highest BCUT2D eigenvalue weighted by molar-refractivity contribution is 6.37. The van der Waals surface area contributed by atoms with Gasteiger partial charge in [-0.05, 0) is 63.2 Å². The van der Waals surface area contributed by atoms with Crippen molar-refractivity contribution in [2.75, 3.05) is 0 Å². The van der Waals surface area contributed by atoms with Crippen molar-refractivity contribution >= 4 is 65.3 Å². The highest BCUT2D eigenvalue weighted by Crippen LogP contribution is 2.49. The Bertz CT molecular complexity index is 3830. The summed E-state index contributed by atoms with van der Waals surface area (Å²) in [5.74, 6) is 1.76. The molecule has 3 heterocycles. The Kier molecular flexibility index (Phi) is 7.54. The monoisotopic (exact) mass is 790 g/mol. The second-order valence-electron chi connectivity index (χ2n) is 15.9. The van der Waals surface area contributed by atoms with Gasteiger partial charge < -0.3 is 8.98 Å². The smallest absolute Gasteiger partial charge is 0.167 e. The predicted octanol–water partition coefficient (Wildman–Crippen LogP) is 14.9. The molecule has 0 radical (unpaired) electrons. The number of furan rings is 1. The first-order chi connectivity index (χ1) is 30.8. The van der Waals surface area contributed by atoms with E-state index < -0.39 is 0 Å². The van der Waals surface area contributed by atoms with Crippen molar-refractivity contribution in [3.05, 3.63) is 206 Å². The normalized spacial score (nSPS) is 11.9. The molecule has 0 N–H and O–H groups in total. The van der Waals surface area contributed by atoms with Crippen molar-refractivity contribution in [1.82, 2.24) is 19.5 Å². The summed E-state index contributed by atoms with van der Waals surface area (Å²) in [5, 5.41) is 9.51. The average molecular weight is 791 g/mol. The lowest BCUT2D eigenvalue weighted by Crippen LogP contribution is -2.00. The first-order valence-corrected chi connectivity index (χ1v) is 20.9. The van der Waals surface area contributed by atoms with Crippen LogP contribution < -0.4 is 0 Å². The molecule has 0 aliphatic carbocycles. The lowest BCUT2D eigenvalue weighted by atomic mass is 9.89. The minimum absolute atomic E-state index is 0.555. The Hall–Kier alpha value is -8.41. The summed E-state index contributed by atoms with van der Waals surface area (Å²) >= 11 is 0. The molecule has 0 bridgehead atoms. The van der Waals surface area contributed by atoms with Gasteiger partial charge in [0, 0.05) is 49.3 Å². The molecule has 10 aromatic carbocycles. The van der Waals surface area contributed by atoms with Crippen LogP contribution in [0.5, 0.6) is 0 Å². The molecule has 13 rings (SSSR count). The molecule has 288 valence electrons. The zero-order valence-electron chi connectivity index (χ0n) is 33.3. The van der Waals surface area contributed by atoms with Crippen molar-refractivity contribution < 1.29 is 4.42 Å². The first kappa shape index (κ1) is 34.5. The first-order valence-electron chi connectivity index (χ1n) is 20.9. The van der Waals surface area contributed by atoms with E-state index in [1.54, 1.807) is 0 Å². The molecule has 0 amide bonds. The Balaban J connectivity index is 1.04. The van der Waals surface area contributed by atoms with Crippen LogP contribution in [0.25, 0.3) is 127 Å². The van der Waals surface area contributed by atoms with Crippen LogP contribution in [0, 0.1) is 0 Å². The van der Waals surface area contributed by atoms with Crippen LogP contribution in [0.15, 0.2) is 211 Å². The molecular weight excluding hydrogens is 757 g/mol. The molecule has 3 aromatic heterocycles. The van der Waals surface area contributed by atoms with Crippen molar-refractivity contribution in [3.63, 3.8) is 0 Å². The van der Waals surface area contributed by atoms with Gasteiger partial charge in [0.2, 0.25) is 0 Å². The van der Waals surface area contributed by atoms with Crippen LogP contribution >= 0.6 is 0 Å². The predicted molar refractivity (Wildman–Crippen MR) is 255 cm³/mol. The Labute approximate surface area is 356 Å². The van der Waals surface area contributed by atoms with Crippen LogP contribution in [0.4, 0.5) is 0 Å². The molecule has 13 aromatic rings. The fraction of sp³-hybridized carbons (Fsp3) is 0. The number of hydrogen-bond acceptors (Lipinski definition) is 4. The van der Waals surface area contributed by atoms with Crippen LogP contribution in [0.3, 0.4) is 0 Å². The van der Waals surface area contributed by atoms with E-state index in [9.17, 15) is 0 Å². The van der Waals surface area contributed by atoms with Gasteiger partial charge in [-0.15, -0.1) is 0 Å². The summed E-state index contributed by atoms with van der Waals surface area (Å²) < 4.78 is 9.56. The maximum Gasteiger partial charge on any atom is 0.167 e. The van der Waals surface area contributed by atoms with E-state index in [1.165, 1.54) is 43.4 Å². The maximum atomic E-state index is 7.15. The summed E-state index contributed by atoms with van der Waals surface area (Å²) in [4.78, 5) is 15.3. The number of para-hydroxylation sites is 3. The Morgan fingerprint density at radius 1 is 0.290 bits per heavy atom. The summed E-state index contributed by atoms with van der Waals surface area (Å²) in [6.07, 6.45) is 0. The molecule has 5 nitrogen and oxygen atoms in total. The lowest BCUT2D eigenvalue weighted by Gasteiger charge is -2.13. The van der Waals surface area contributed by atoms with Crippen molar-refractivity contribution in [3.8, 4) is 62.1 Å². The zero-order chi connectivity index (χ0) is 40.7. The van der Waals surface area contributed by atoms with E-state index in [0.29, 0.717) is 17.5 Å². The minimum atomic E-state index is 0.555. The van der Waals surface area contributed by atoms with Gasteiger partial charge in [-0.25, -0.2) is 15.0 Å². The van der Waals surface area contributed by atoms with Gasteiger partial charge in [-0.2, -0.15) is 0 Å². The Morgan fingerprint density at radius 2 is 0.774 bits per heavy atom. The molecule has 0 spiro atoms. The molecule has 5 heteroatoms. The van der Waals surface area contributed by atoms with Crippen molar-refractivity contribution in [2.24, 2.45) is 0 Å². The van der Waals surface area contributed by atoms with E-state index in [-0.39, 0.29) is 0 Å². The molecule has 62 heavy (non-hydrogen) atoms. The van der Waals surface area contributed by atoms with Gasteiger partial charge in [0.1, 0.15) is 11.2 Å². The lowest BCUT2D eigenvalue weighted by molar-refractivity contribution is 0.670. The maximum absolute atomic E-state index is 7.15. The zero-order valence-corrected chi connectivity index (χ0v) is 33.3. The number of aromatic nitrogens is 4. The Morgan fingerprint density at radius 3 is 1.50 bits per heavy atom. The quantitative estimate of drug-likeness (QED) is 0.157. The molecule has 0 saturated carbocycles. The van der Waals surface area contributed by atoms with Gasteiger partial charge in [0.25, 0.3) is 0 Å². The highest BCUT2D eigenvalue weighted by Gasteiger charge is 2.24. The van der Waals surface area contributed by atoms with E-state index >= 15 is 0 Å². The topological polar surface area (TPSA) is 56.7 Å². The van der Waals surface area contributed by atoms with E-state index in [4.69, 9.17) is 19.4 Å². The van der Waals surface area contributed by atoms with E-state index in [0.717, 1.165) is 66.6 Å². The third-order valence-corrected chi connectivity index (χ3v) is 12.4. The second-order valence-corrected chi connectivity index (χ2v) is 15.9. The van der Waals surface area contributed by atoms with Crippen molar-refractivity contribution in [2.45, 2.75) is 0 Å². The molecule has 0 aliphatic heterocycles. The van der Waals surface area contributed by atoms with Crippen LogP contribution in [0.1, 0.15) is 0 Å². The number of hydrogen-bond donors (Lipinski definition) is 0. The van der Waals surface area contributed by atoms with Crippen LogP contribution in [-0.4, -0.2) is 19.5 Å². The minimum Gasteiger partial charge on any atom is -0.455 e. The van der Waals surface area contributed by atoms with E-state index in [1.807, 2.05) is 36.4 Å². The molecule has 0 aliphatic rings. The fourth-order valence-electron chi connectivity index (χ4n) is 9.66. The second kappa shape index (κ2) is 13.6. The van der Waals surface area contributed by atoms with Crippen LogP contribution in [-0.2, 0) is 0 Å². The van der Waals surface area contributed by atoms with Gasteiger partial charge in [0.15, 0.2) is 17.5 Å². The largest absolute Gasteiger partial charge is 0.455 e. The molecule has 0 saturated heterocycles. The highest BCUT2D eigenvalue weighted by atomic mass is 16.3. The molecule has 0 fully saturated rings.